The smallest absolute Gasteiger partial charge is 0.0243 e. The molecule has 24 heavy (non-hydrogen) atoms. The minimum atomic E-state index is 0. The summed E-state index contributed by atoms with van der Waals surface area (Å²) in [6, 6.07) is 19.2. The second kappa shape index (κ2) is 7.53. The highest BCUT2D eigenvalue weighted by atomic mass is 14.9. The van der Waals surface area contributed by atoms with E-state index < -0.39 is 0 Å². The lowest BCUT2D eigenvalue weighted by atomic mass is 9.83. The van der Waals surface area contributed by atoms with Gasteiger partial charge in [-0.3, -0.25) is 0 Å². The van der Waals surface area contributed by atoms with Gasteiger partial charge in [-0.15, -0.1) is 0 Å². The second-order valence-electron chi connectivity index (χ2n) is 7.82. The number of rotatable bonds is 5. The van der Waals surface area contributed by atoms with Gasteiger partial charge in [0.05, 0.1) is 0 Å². The molecule has 2 aromatic carbocycles. The largest absolute Gasteiger partial charge is 0.313 e. The van der Waals surface area contributed by atoms with Gasteiger partial charge < -0.3 is 5.32 Å². The summed E-state index contributed by atoms with van der Waals surface area (Å²) in [5, 5.41) is 3.73. The lowest BCUT2D eigenvalue weighted by Gasteiger charge is -2.26. The van der Waals surface area contributed by atoms with Crippen LogP contribution in [0, 0.1) is 0 Å². The van der Waals surface area contributed by atoms with Gasteiger partial charge >= 0.3 is 0 Å². The minimum Gasteiger partial charge on any atom is -0.313 e. The van der Waals surface area contributed by atoms with Crippen LogP contribution in [0.1, 0.15) is 82.0 Å². The number of hydrogen-bond acceptors (Lipinski definition) is 1. The van der Waals surface area contributed by atoms with Crippen LogP contribution in [0.15, 0.2) is 48.5 Å². The molecule has 1 heteroatoms. The van der Waals surface area contributed by atoms with E-state index in [9.17, 15) is 0 Å². The summed E-state index contributed by atoms with van der Waals surface area (Å²) in [5.74, 6) is 1.63. The van der Waals surface area contributed by atoms with Crippen LogP contribution in [0.5, 0.6) is 0 Å². The molecule has 0 bridgehead atoms. The fourth-order valence-electron chi connectivity index (χ4n) is 3.83. The zero-order valence-electron chi connectivity index (χ0n) is 15.5. The average molecular weight is 324 g/mol. The summed E-state index contributed by atoms with van der Waals surface area (Å²) in [4.78, 5) is 0. The van der Waals surface area contributed by atoms with Crippen molar-refractivity contribution >= 4 is 0 Å². The molecule has 1 atom stereocenters. The normalized spacial score (nSPS) is 18.0. The van der Waals surface area contributed by atoms with Crippen molar-refractivity contribution in [1.29, 1.82) is 0 Å². The first-order chi connectivity index (χ1) is 11.6. The molecule has 1 nitrogen and oxygen atoms in total. The first kappa shape index (κ1) is 17.2. The van der Waals surface area contributed by atoms with Crippen molar-refractivity contribution in [2.24, 2.45) is 0 Å². The molecule has 1 heterocycles. The molecule has 0 spiro atoms. The van der Waals surface area contributed by atoms with Crippen molar-refractivity contribution in [3.05, 3.63) is 70.8 Å². The summed E-state index contributed by atoms with van der Waals surface area (Å²) < 4.78 is 0. The van der Waals surface area contributed by atoms with E-state index in [0.29, 0.717) is 23.8 Å². The van der Waals surface area contributed by atoms with Gasteiger partial charge in [-0.2, -0.15) is 0 Å². The van der Waals surface area contributed by atoms with Crippen LogP contribution in [0.3, 0.4) is 0 Å². The Morgan fingerprint density at radius 3 is 1.50 bits per heavy atom. The van der Waals surface area contributed by atoms with Crippen molar-refractivity contribution < 1.29 is 1.43 Å². The maximum Gasteiger partial charge on any atom is 0.0243 e. The van der Waals surface area contributed by atoms with Crippen molar-refractivity contribution in [2.45, 2.75) is 64.3 Å². The Morgan fingerprint density at radius 2 is 1.17 bits per heavy atom. The summed E-state index contributed by atoms with van der Waals surface area (Å²) in [7, 11) is 0. The molecule has 0 amide bonds. The molecule has 0 aliphatic carbocycles. The van der Waals surface area contributed by atoms with Crippen molar-refractivity contribution in [2.75, 3.05) is 6.54 Å². The van der Waals surface area contributed by atoms with E-state index in [1.54, 1.807) is 0 Å². The Kier molecular flexibility index (Phi) is 5.40. The highest BCUT2D eigenvalue weighted by molar-refractivity contribution is 5.38. The van der Waals surface area contributed by atoms with E-state index in [0.717, 1.165) is 6.54 Å². The summed E-state index contributed by atoms with van der Waals surface area (Å²) >= 11 is 0. The number of nitrogens with one attached hydrogen (secondary N) is 1. The predicted octanol–water partition coefficient (Wildman–Crippen LogP) is 6.06. The third kappa shape index (κ3) is 3.72. The van der Waals surface area contributed by atoms with E-state index in [1.807, 2.05) is 0 Å². The quantitative estimate of drug-likeness (QED) is 0.705. The Hall–Kier alpha value is -1.60. The van der Waals surface area contributed by atoms with Gasteiger partial charge in [-0.25, -0.2) is 0 Å². The van der Waals surface area contributed by atoms with Crippen molar-refractivity contribution in [3.63, 3.8) is 0 Å². The molecule has 0 radical (unpaired) electrons. The Morgan fingerprint density at radius 1 is 0.750 bits per heavy atom. The van der Waals surface area contributed by atoms with Gasteiger partial charge in [0, 0.05) is 13.4 Å². The first-order valence-electron chi connectivity index (χ1n) is 9.49. The third-order valence-electron chi connectivity index (χ3n) is 5.43. The second-order valence-corrected chi connectivity index (χ2v) is 7.82. The fourth-order valence-corrected chi connectivity index (χ4v) is 3.83. The lowest BCUT2D eigenvalue weighted by Crippen LogP contribution is -2.29. The lowest BCUT2D eigenvalue weighted by molar-refractivity contribution is 0.540. The summed E-state index contributed by atoms with van der Waals surface area (Å²) in [5.41, 5.74) is 5.73. The first-order valence-corrected chi connectivity index (χ1v) is 9.49. The van der Waals surface area contributed by atoms with Gasteiger partial charge in [0.1, 0.15) is 0 Å². The molecule has 1 saturated heterocycles. The van der Waals surface area contributed by atoms with Gasteiger partial charge in [0.25, 0.3) is 0 Å². The van der Waals surface area contributed by atoms with E-state index in [1.165, 1.54) is 35.1 Å². The van der Waals surface area contributed by atoms with Crippen LogP contribution in [0.25, 0.3) is 0 Å². The molecule has 0 aromatic heterocycles. The Bertz CT molecular complexity index is 585. The van der Waals surface area contributed by atoms with E-state index >= 15 is 0 Å². The SMILES string of the molecule is CC(C)c1ccc(C(c2ccc(C(C)C)cc2)[C@@H]2CCCN2)cc1.[HH]. The molecule has 1 N–H and O–H groups in total. The van der Waals surface area contributed by atoms with Gasteiger partial charge in [-0.1, -0.05) is 76.2 Å². The Labute approximate surface area is 149 Å². The highest BCUT2D eigenvalue weighted by Crippen LogP contribution is 2.33. The van der Waals surface area contributed by atoms with Crippen LogP contribution in [0.2, 0.25) is 0 Å². The molecule has 2 aromatic rings. The molecule has 0 saturated carbocycles. The average Bonchev–Trinajstić information content (AvgIpc) is 3.10. The molecule has 1 aliphatic heterocycles. The third-order valence-corrected chi connectivity index (χ3v) is 5.43. The van der Waals surface area contributed by atoms with E-state index in [2.05, 4.69) is 81.5 Å². The molecule has 0 unspecified atom stereocenters. The van der Waals surface area contributed by atoms with Crippen LogP contribution in [-0.4, -0.2) is 12.6 Å². The fraction of sp³-hybridized carbons (Fsp3) is 0.478. The molecule has 1 aliphatic rings. The van der Waals surface area contributed by atoms with Crippen LogP contribution >= 0.6 is 0 Å². The monoisotopic (exact) mass is 323 g/mol. The number of hydrogen-bond donors (Lipinski definition) is 1. The zero-order valence-corrected chi connectivity index (χ0v) is 15.5. The van der Waals surface area contributed by atoms with Crippen LogP contribution in [-0.2, 0) is 0 Å². The molecule has 3 rings (SSSR count). The van der Waals surface area contributed by atoms with Gasteiger partial charge in [-0.05, 0) is 53.5 Å². The highest BCUT2D eigenvalue weighted by Gasteiger charge is 2.27. The maximum absolute atomic E-state index is 3.73. The zero-order chi connectivity index (χ0) is 17.1. The predicted molar refractivity (Wildman–Crippen MR) is 106 cm³/mol. The standard InChI is InChI=1S/C23H31N.H2/c1-16(2)18-7-11-20(12-8-18)23(22-6-5-15-24-22)21-13-9-19(10-14-21)17(3)4;/h7-14,16-17,22-24H,5-6,15H2,1-4H3;1H/t22-;/m0./s1. The van der Waals surface area contributed by atoms with Crippen LogP contribution in [0.4, 0.5) is 0 Å². The molecule has 130 valence electrons. The van der Waals surface area contributed by atoms with Crippen molar-refractivity contribution in [1.82, 2.24) is 5.32 Å². The van der Waals surface area contributed by atoms with Crippen molar-refractivity contribution in [3.8, 4) is 0 Å². The number of benzene rings is 2. The molecular weight excluding hydrogens is 290 g/mol. The molecule has 1 fully saturated rings. The Balaban J connectivity index is 0.00000225. The van der Waals surface area contributed by atoms with E-state index in [-0.39, 0.29) is 1.43 Å². The van der Waals surface area contributed by atoms with Crippen LogP contribution < -0.4 is 5.32 Å². The minimum absolute atomic E-state index is 0. The summed E-state index contributed by atoms with van der Waals surface area (Å²) in [6.45, 7) is 10.2. The maximum atomic E-state index is 3.73. The van der Waals surface area contributed by atoms with Gasteiger partial charge in [0.15, 0.2) is 0 Å². The molecular formula is C23H33N. The van der Waals surface area contributed by atoms with Gasteiger partial charge in [0.2, 0.25) is 0 Å². The van der Waals surface area contributed by atoms with E-state index in [4.69, 9.17) is 0 Å². The summed E-state index contributed by atoms with van der Waals surface area (Å²) in [6.07, 6.45) is 2.55. The topological polar surface area (TPSA) is 12.0 Å².